The molecule has 18 heavy (non-hydrogen) atoms. The van der Waals surface area contributed by atoms with E-state index in [-0.39, 0.29) is 5.91 Å². The van der Waals surface area contributed by atoms with Gasteiger partial charge in [0.15, 0.2) is 0 Å². The number of piperazine rings is 1. The summed E-state index contributed by atoms with van der Waals surface area (Å²) in [6.07, 6.45) is 4.14. The van der Waals surface area contributed by atoms with Gasteiger partial charge in [0.25, 0.3) is 5.91 Å². The highest BCUT2D eigenvalue weighted by molar-refractivity contribution is 5.95. The fourth-order valence-corrected chi connectivity index (χ4v) is 3.19. The van der Waals surface area contributed by atoms with Gasteiger partial charge >= 0.3 is 0 Å². The number of aromatic nitrogens is 2. The Balaban J connectivity index is 1.79. The first-order valence-electron chi connectivity index (χ1n) is 6.72. The molecule has 2 aliphatic rings. The monoisotopic (exact) mass is 248 g/mol. The van der Waals surface area contributed by atoms with Crippen LogP contribution in [0.5, 0.6) is 0 Å². The van der Waals surface area contributed by atoms with Gasteiger partial charge in [0.2, 0.25) is 0 Å². The van der Waals surface area contributed by atoms with E-state index >= 15 is 0 Å². The number of H-pyrrole nitrogens is 1. The highest BCUT2D eigenvalue weighted by Crippen LogP contribution is 2.25. The summed E-state index contributed by atoms with van der Waals surface area (Å²) < 4.78 is 0. The number of nitrogens with one attached hydrogen (secondary N) is 1. The average Bonchev–Trinajstić information content (AvgIpc) is 2.95. The van der Waals surface area contributed by atoms with Gasteiger partial charge in [-0.25, -0.2) is 0 Å². The third-order valence-corrected chi connectivity index (χ3v) is 4.26. The molecule has 1 N–H and O–H groups in total. The van der Waals surface area contributed by atoms with Crippen molar-refractivity contribution >= 4 is 5.91 Å². The molecule has 2 saturated heterocycles. The number of hydrogen-bond donors (Lipinski definition) is 1. The van der Waals surface area contributed by atoms with Crippen LogP contribution < -0.4 is 0 Å². The van der Waals surface area contributed by atoms with Gasteiger partial charge in [0.1, 0.15) is 0 Å². The first-order valence-corrected chi connectivity index (χ1v) is 6.72. The molecule has 5 heteroatoms. The summed E-state index contributed by atoms with van der Waals surface area (Å²) in [5.74, 6) is 0.125. The molecule has 2 atom stereocenters. The molecule has 0 bridgehead atoms. The number of nitrogens with zero attached hydrogens (tertiary/aromatic N) is 3. The zero-order valence-electron chi connectivity index (χ0n) is 11.0. The molecule has 0 aliphatic carbocycles. The lowest BCUT2D eigenvalue weighted by Gasteiger charge is -2.42. The van der Waals surface area contributed by atoms with Gasteiger partial charge in [-0.15, -0.1) is 0 Å². The minimum absolute atomic E-state index is 0.125. The molecule has 3 rings (SSSR count). The molecule has 1 aromatic heterocycles. The van der Waals surface area contributed by atoms with E-state index in [1.807, 2.05) is 11.8 Å². The van der Waals surface area contributed by atoms with Crippen molar-refractivity contribution in [3.05, 3.63) is 17.5 Å². The van der Waals surface area contributed by atoms with Crippen LogP contribution in [0.2, 0.25) is 0 Å². The van der Waals surface area contributed by atoms with Crippen molar-refractivity contribution in [1.82, 2.24) is 20.0 Å². The second kappa shape index (κ2) is 4.39. The first-order chi connectivity index (χ1) is 8.66. The number of hydrogen-bond acceptors (Lipinski definition) is 3. The number of rotatable bonds is 1. The lowest BCUT2D eigenvalue weighted by molar-refractivity contribution is 0.0395. The van der Waals surface area contributed by atoms with Crippen molar-refractivity contribution in [3.8, 4) is 0 Å². The highest BCUT2D eigenvalue weighted by Gasteiger charge is 2.37. The lowest BCUT2D eigenvalue weighted by Crippen LogP contribution is -2.56. The van der Waals surface area contributed by atoms with Gasteiger partial charge in [0.05, 0.1) is 11.8 Å². The van der Waals surface area contributed by atoms with Crippen LogP contribution in [0.15, 0.2) is 6.20 Å². The largest absolute Gasteiger partial charge is 0.333 e. The molecule has 3 heterocycles. The topological polar surface area (TPSA) is 52.2 Å². The van der Waals surface area contributed by atoms with Gasteiger partial charge in [-0.05, 0) is 33.2 Å². The van der Waals surface area contributed by atoms with Crippen LogP contribution >= 0.6 is 0 Å². The van der Waals surface area contributed by atoms with Crippen LogP contribution in [-0.4, -0.2) is 57.6 Å². The Morgan fingerprint density at radius 3 is 3.06 bits per heavy atom. The average molecular weight is 248 g/mol. The molecule has 2 aliphatic heterocycles. The summed E-state index contributed by atoms with van der Waals surface area (Å²) in [4.78, 5) is 17.1. The van der Waals surface area contributed by atoms with Gasteiger partial charge in [-0.3, -0.25) is 14.8 Å². The standard InChI is InChI=1S/C13H20N4O/c1-9-7-16-5-3-4-11(16)8-17(9)13(18)12-6-14-15-10(12)2/h6,9,11H,3-5,7-8H2,1-2H3,(H,14,15). The molecule has 2 unspecified atom stereocenters. The highest BCUT2D eigenvalue weighted by atomic mass is 16.2. The van der Waals surface area contributed by atoms with Crippen LogP contribution in [0.3, 0.4) is 0 Å². The van der Waals surface area contributed by atoms with Crippen molar-refractivity contribution in [2.75, 3.05) is 19.6 Å². The Bertz CT molecular complexity index is 456. The van der Waals surface area contributed by atoms with E-state index in [2.05, 4.69) is 22.0 Å². The number of carbonyl (C=O) groups is 1. The minimum Gasteiger partial charge on any atom is -0.333 e. The van der Waals surface area contributed by atoms with Gasteiger partial charge < -0.3 is 4.90 Å². The maximum Gasteiger partial charge on any atom is 0.257 e. The molecular weight excluding hydrogens is 228 g/mol. The van der Waals surface area contributed by atoms with Crippen LogP contribution in [0.1, 0.15) is 35.8 Å². The van der Waals surface area contributed by atoms with Crippen LogP contribution in [-0.2, 0) is 0 Å². The van der Waals surface area contributed by atoms with Crippen LogP contribution in [0, 0.1) is 6.92 Å². The molecule has 98 valence electrons. The quantitative estimate of drug-likeness (QED) is 0.807. The van der Waals surface area contributed by atoms with E-state index in [1.54, 1.807) is 6.20 Å². The summed E-state index contributed by atoms with van der Waals surface area (Å²) in [5.41, 5.74) is 1.58. The second-order valence-corrected chi connectivity index (χ2v) is 5.51. The zero-order valence-corrected chi connectivity index (χ0v) is 11.0. The van der Waals surface area contributed by atoms with Crippen molar-refractivity contribution in [1.29, 1.82) is 0 Å². The number of aryl methyl sites for hydroxylation is 1. The van der Waals surface area contributed by atoms with Gasteiger partial charge in [-0.1, -0.05) is 0 Å². The fourth-order valence-electron chi connectivity index (χ4n) is 3.19. The first kappa shape index (κ1) is 11.7. The molecule has 1 amide bonds. The Labute approximate surface area is 107 Å². The summed E-state index contributed by atoms with van der Waals surface area (Å²) in [6.45, 7) is 7.11. The Kier molecular flexibility index (Phi) is 2.86. The van der Waals surface area contributed by atoms with E-state index in [4.69, 9.17) is 0 Å². The number of fused-ring (bicyclic) bond motifs is 1. The number of amides is 1. The molecule has 2 fully saturated rings. The smallest absolute Gasteiger partial charge is 0.257 e. The molecule has 0 saturated carbocycles. The summed E-state index contributed by atoms with van der Waals surface area (Å²) >= 11 is 0. The maximum atomic E-state index is 12.5. The third-order valence-electron chi connectivity index (χ3n) is 4.26. The van der Waals surface area contributed by atoms with E-state index < -0.39 is 0 Å². The van der Waals surface area contributed by atoms with Gasteiger partial charge in [0, 0.05) is 30.9 Å². The van der Waals surface area contributed by atoms with Crippen LogP contribution in [0.25, 0.3) is 0 Å². The lowest BCUT2D eigenvalue weighted by atomic mass is 10.1. The van der Waals surface area contributed by atoms with E-state index in [0.29, 0.717) is 17.6 Å². The Hall–Kier alpha value is -1.36. The summed E-state index contributed by atoms with van der Waals surface area (Å²) in [5, 5.41) is 6.79. The SMILES string of the molecule is Cc1[nH]ncc1C(=O)N1CC2CCCN2CC1C. The number of carbonyl (C=O) groups excluding carboxylic acids is 1. The summed E-state index contributed by atoms with van der Waals surface area (Å²) in [6, 6.07) is 0.860. The minimum atomic E-state index is 0.125. The molecular formula is C13H20N4O. The van der Waals surface area contributed by atoms with Crippen molar-refractivity contribution in [2.24, 2.45) is 0 Å². The predicted molar refractivity (Wildman–Crippen MR) is 68.4 cm³/mol. The Morgan fingerprint density at radius 2 is 2.33 bits per heavy atom. The molecule has 0 spiro atoms. The molecule has 0 aromatic carbocycles. The van der Waals surface area contributed by atoms with E-state index in [9.17, 15) is 4.79 Å². The normalized spacial score (nSPS) is 28.4. The third kappa shape index (κ3) is 1.82. The molecule has 0 radical (unpaired) electrons. The molecule has 5 nitrogen and oxygen atoms in total. The second-order valence-electron chi connectivity index (χ2n) is 5.51. The van der Waals surface area contributed by atoms with E-state index in [0.717, 1.165) is 18.8 Å². The fraction of sp³-hybridized carbons (Fsp3) is 0.692. The maximum absolute atomic E-state index is 12.5. The van der Waals surface area contributed by atoms with Gasteiger partial charge in [-0.2, -0.15) is 5.10 Å². The van der Waals surface area contributed by atoms with Crippen molar-refractivity contribution in [3.63, 3.8) is 0 Å². The summed E-state index contributed by atoms with van der Waals surface area (Å²) in [7, 11) is 0. The molecule has 1 aromatic rings. The Morgan fingerprint density at radius 1 is 1.50 bits per heavy atom. The number of aromatic amines is 1. The van der Waals surface area contributed by atoms with Crippen molar-refractivity contribution < 1.29 is 4.79 Å². The predicted octanol–water partition coefficient (Wildman–Crippen LogP) is 1.03. The zero-order chi connectivity index (χ0) is 12.7. The van der Waals surface area contributed by atoms with E-state index in [1.165, 1.54) is 19.4 Å². The van der Waals surface area contributed by atoms with Crippen LogP contribution in [0.4, 0.5) is 0 Å². The van der Waals surface area contributed by atoms with Crippen molar-refractivity contribution in [2.45, 2.75) is 38.8 Å².